The zero-order valence-corrected chi connectivity index (χ0v) is 23.3. The van der Waals surface area contributed by atoms with Gasteiger partial charge < -0.3 is 10.6 Å². The fourth-order valence-corrected chi connectivity index (χ4v) is 4.66. The summed E-state index contributed by atoms with van der Waals surface area (Å²) in [5.41, 5.74) is 1.55. The molecule has 0 fully saturated rings. The van der Waals surface area contributed by atoms with E-state index in [2.05, 4.69) is 41.6 Å². The maximum absolute atomic E-state index is 13.5. The second kappa shape index (κ2) is 11.1. The Balaban J connectivity index is 1.36. The number of amides is 2. The number of hydrogen-bond donors (Lipinski definition) is 2. The Morgan fingerprint density at radius 1 is 0.951 bits per heavy atom. The zero-order valence-electron chi connectivity index (χ0n) is 21.8. The largest absolute Gasteiger partial charge is 0.433 e. The van der Waals surface area contributed by atoms with E-state index in [9.17, 15) is 22.8 Å². The van der Waals surface area contributed by atoms with Crippen LogP contribution in [0.15, 0.2) is 77.4 Å². The molecule has 2 aromatic carbocycles. The lowest BCUT2D eigenvalue weighted by molar-refractivity contribution is -0.141. The molecule has 0 aliphatic rings. The van der Waals surface area contributed by atoms with Crippen LogP contribution >= 0.6 is 15.9 Å². The summed E-state index contributed by atoms with van der Waals surface area (Å²) in [6, 6.07) is 17.5. The number of nitrogens with zero attached hydrogens (tertiary/aromatic N) is 4. The summed E-state index contributed by atoms with van der Waals surface area (Å²) in [4.78, 5) is 33.6. The van der Waals surface area contributed by atoms with Crippen molar-refractivity contribution in [1.29, 1.82) is 0 Å². The Labute approximate surface area is 240 Å². The first-order valence-corrected chi connectivity index (χ1v) is 13.1. The molecule has 0 radical (unpaired) electrons. The molecule has 0 saturated carbocycles. The van der Waals surface area contributed by atoms with Gasteiger partial charge in [0, 0.05) is 21.6 Å². The number of pyridine rings is 2. The predicted octanol–water partition coefficient (Wildman–Crippen LogP) is 6.78. The van der Waals surface area contributed by atoms with Crippen LogP contribution in [0.2, 0.25) is 0 Å². The van der Waals surface area contributed by atoms with Gasteiger partial charge in [-0.15, -0.1) is 0 Å². The van der Waals surface area contributed by atoms with Crippen molar-refractivity contribution < 1.29 is 22.8 Å². The van der Waals surface area contributed by atoms with E-state index in [1.54, 1.807) is 79.3 Å². The van der Waals surface area contributed by atoms with Crippen molar-refractivity contribution in [3.8, 4) is 0 Å². The second-order valence-electron chi connectivity index (χ2n) is 9.24. The first-order chi connectivity index (χ1) is 19.5. The predicted molar refractivity (Wildman–Crippen MR) is 152 cm³/mol. The van der Waals surface area contributed by atoms with Crippen LogP contribution in [0, 0.1) is 13.8 Å². The molecule has 2 N–H and O–H groups in total. The quantitative estimate of drug-likeness (QED) is 0.217. The Hall–Kier alpha value is -4.58. The topological polar surface area (TPSA) is 102 Å². The number of halogens is 4. The number of alkyl halides is 3. The summed E-state index contributed by atoms with van der Waals surface area (Å²) in [6.07, 6.45) is -3.14. The number of aromatic nitrogens is 4. The molecule has 0 bridgehead atoms. The van der Waals surface area contributed by atoms with Crippen LogP contribution in [0.4, 0.5) is 24.7 Å². The van der Waals surface area contributed by atoms with E-state index < -0.39 is 17.8 Å². The minimum atomic E-state index is -4.72. The first-order valence-electron chi connectivity index (χ1n) is 12.3. The lowest BCUT2D eigenvalue weighted by Gasteiger charge is -2.13. The average molecular weight is 623 g/mol. The minimum Gasteiger partial charge on any atom is -0.319 e. The van der Waals surface area contributed by atoms with E-state index in [0.717, 1.165) is 11.6 Å². The standard InChI is InChI=1S/C29H22BrF3N6O2/c1-16-26(37-28(41)22-14-24(29(31,32)33)35-23-11-10-20(30)13-21(22)23)17(2)39(38-16)15-18-6-8-19(9-7-18)27(40)36-25-5-3-4-12-34-25/h3-14H,15H2,1-2H3,(H,37,41)(H,34,36,40). The molecule has 0 aliphatic carbocycles. The molecule has 0 atom stereocenters. The van der Waals surface area contributed by atoms with Crippen molar-refractivity contribution in [3.05, 3.63) is 111 Å². The molecule has 0 unspecified atom stereocenters. The van der Waals surface area contributed by atoms with Gasteiger partial charge in [-0.05, 0) is 67.9 Å². The van der Waals surface area contributed by atoms with Gasteiger partial charge >= 0.3 is 6.18 Å². The Bertz CT molecular complexity index is 1770. The average Bonchev–Trinajstić information content (AvgIpc) is 3.20. The van der Waals surface area contributed by atoms with Gasteiger partial charge in [-0.1, -0.05) is 34.1 Å². The van der Waals surface area contributed by atoms with Crippen LogP contribution in [0.1, 0.15) is 43.4 Å². The highest BCUT2D eigenvalue weighted by Crippen LogP contribution is 2.32. The fourth-order valence-electron chi connectivity index (χ4n) is 4.30. The van der Waals surface area contributed by atoms with Gasteiger partial charge in [-0.3, -0.25) is 14.3 Å². The van der Waals surface area contributed by atoms with Gasteiger partial charge in [0.1, 0.15) is 11.5 Å². The number of anilines is 2. The molecule has 41 heavy (non-hydrogen) atoms. The summed E-state index contributed by atoms with van der Waals surface area (Å²) in [7, 11) is 0. The van der Waals surface area contributed by atoms with Gasteiger partial charge in [-0.25, -0.2) is 9.97 Å². The van der Waals surface area contributed by atoms with Crippen molar-refractivity contribution >= 4 is 50.2 Å². The molecule has 5 aromatic rings. The van der Waals surface area contributed by atoms with Crippen LogP contribution in [0.3, 0.4) is 0 Å². The molecule has 0 spiro atoms. The number of nitrogens with one attached hydrogen (secondary N) is 2. The summed E-state index contributed by atoms with van der Waals surface area (Å²) in [5.74, 6) is -0.563. The second-order valence-corrected chi connectivity index (χ2v) is 10.2. The van der Waals surface area contributed by atoms with Gasteiger partial charge in [0.2, 0.25) is 0 Å². The number of rotatable bonds is 6. The third kappa shape index (κ3) is 6.12. The van der Waals surface area contributed by atoms with Crippen LogP contribution in [-0.2, 0) is 12.7 Å². The molecule has 5 rings (SSSR count). The molecule has 3 aromatic heterocycles. The zero-order chi connectivity index (χ0) is 29.3. The number of hydrogen-bond acceptors (Lipinski definition) is 5. The van der Waals surface area contributed by atoms with Crippen molar-refractivity contribution in [3.63, 3.8) is 0 Å². The fraction of sp³-hybridized carbons (Fsp3) is 0.138. The maximum atomic E-state index is 13.5. The van der Waals surface area contributed by atoms with Crippen LogP contribution in [0.5, 0.6) is 0 Å². The molecule has 3 heterocycles. The van der Waals surface area contributed by atoms with E-state index in [1.165, 1.54) is 6.07 Å². The summed E-state index contributed by atoms with van der Waals surface area (Å²) in [6.45, 7) is 3.80. The number of carbonyl (C=O) groups excluding carboxylic acids is 2. The Kier molecular flexibility index (Phi) is 7.59. The van der Waals surface area contributed by atoms with Crippen molar-refractivity contribution in [2.75, 3.05) is 10.6 Å². The molecular weight excluding hydrogens is 601 g/mol. The number of aryl methyl sites for hydroxylation is 1. The number of benzene rings is 2. The molecule has 0 saturated heterocycles. The van der Waals surface area contributed by atoms with Crippen molar-refractivity contribution in [2.24, 2.45) is 0 Å². The van der Waals surface area contributed by atoms with Gasteiger partial charge in [0.05, 0.1) is 34.7 Å². The van der Waals surface area contributed by atoms with Crippen molar-refractivity contribution in [1.82, 2.24) is 19.7 Å². The minimum absolute atomic E-state index is 0.0504. The van der Waals surface area contributed by atoms with E-state index in [4.69, 9.17) is 0 Å². The smallest absolute Gasteiger partial charge is 0.319 e. The van der Waals surface area contributed by atoms with Crippen LogP contribution < -0.4 is 10.6 Å². The highest BCUT2D eigenvalue weighted by atomic mass is 79.9. The first kappa shape index (κ1) is 28.0. The summed E-state index contributed by atoms with van der Waals surface area (Å²) < 4.78 is 42.9. The monoisotopic (exact) mass is 622 g/mol. The maximum Gasteiger partial charge on any atom is 0.433 e. The van der Waals surface area contributed by atoms with Gasteiger partial charge in [-0.2, -0.15) is 18.3 Å². The highest BCUT2D eigenvalue weighted by Gasteiger charge is 2.34. The normalized spacial score (nSPS) is 11.5. The number of carbonyl (C=O) groups is 2. The third-order valence-electron chi connectivity index (χ3n) is 6.38. The van der Waals surface area contributed by atoms with E-state index in [-0.39, 0.29) is 22.4 Å². The van der Waals surface area contributed by atoms with Gasteiger partial charge in [0.15, 0.2) is 0 Å². The van der Waals surface area contributed by atoms with Gasteiger partial charge in [0.25, 0.3) is 11.8 Å². The lowest BCUT2D eigenvalue weighted by Crippen LogP contribution is -2.17. The van der Waals surface area contributed by atoms with E-state index >= 15 is 0 Å². The molecule has 8 nitrogen and oxygen atoms in total. The molecule has 12 heteroatoms. The van der Waals surface area contributed by atoms with E-state index in [0.29, 0.717) is 39.5 Å². The Morgan fingerprint density at radius 2 is 1.71 bits per heavy atom. The molecule has 2 amide bonds. The van der Waals surface area contributed by atoms with Crippen LogP contribution in [0.25, 0.3) is 10.9 Å². The number of fused-ring (bicyclic) bond motifs is 1. The third-order valence-corrected chi connectivity index (χ3v) is 6.87. The Morgan fingerprint density at radius 3 is 2.39 bits per heavy atom. The summed E-state index contributed by atoms with van der Waals surface area (Å²) >= 11 is 3.31. The highest BCUT2D eigenvalue weighted by molar-refractivity contribution is 9.10. The molecule has 208 valence electrons. The lowest BCUT2D eigenvalue weighted by atomic mass is 10.1. The molecule has 0 aliphatic heterocycles. The summed E-state index contributed by atoms with van der Waals surface area (Å²) in [5, 5.41) is 10.3. The van der Waals surface area contributed by atoms with Crippen LogP contribution in [-0.4, -0.2) is 31.6 Å². The van der Waals surface area contributed by atoms with E-state index in [1.807, 2.05) is 0 Å². The molecular formula is C29H22BrF3N6O2. The van der Waals surface area contributed by atoms with Crippen molar-refractivity contribution in [2.45, 2.75) is 26.6 Å². The SMILES string of the molecule is Cc1nn(Cc2ccc(C(=O)Nc3ccccn3)cc2)c(C)c1NC(=O)c1cc(C(F)(F)F)nc2ccc(Br)cc12.